The van der Waals surface area contributed by atoms with Crippen LogP contribution in [0.5, 0.6) is 0 Å². The van der Waals surface area contributed by atoms with Crippen LogP contribution in [0, 0.1) is 0 Å². The Hall–Kier alpha value is -6.38. The van der Waals surface area contributed by atoms with Gasteiger partial charge in [-0.05, 0) is 86.3 Å². The number of hydrogen-bond acceptors (Lipinski definition) is 2. The average Bonchev–Trinajstić information content (AvgIpc) is 3.69. The van der Waals surface area contributed by atoms with Crippen LogP contribution in [0.1, 0.15) is 25.0 Å². The SMILES string of the molecule is CC1(C)c2ccccc2-c2c(-c3ccc(N(c4ccc(-c5ccccc5)cc4)c4cccc5c4oc4c6ccccc6ccc54)cc3)cccc21. The Labute approximate surface area is 297 Å². The van der Waals surface area contributed by atoms with Crippen molar-refractivity contribution in [3.63, 3.8) is 0 Å². The normalized spacial score (nSPS) is 13.1. The summed E-state index contributed by atoms with van der Waals surface area (Å²) in [7, 11) is 0. The lowest BCUT2D eigenvalue weighted by atomic mass is 9.82. The predicted octanol–water partition coefficient (Wildman–Crippen LogP) is 13.8. The molecule has 2 heteroatoms. The molecule has 0 N–H and O–H groups in total. The van der Waals surface area contributed by atoms with Gasteiger partial charge >= 0.3 is 0 Å². The molecule has 1 aliphatic rings. The highest BCUT2D eigenvalue weighted by atomic mass is 16.3. The van der Waals surface area contributed by atoms with Crippen LogP contribution in [-0.4, -0.2) is 0 Å². The largest absolute Gasteiger partial charge is 0.453 e. The van der Waals surface area contributed by atoms with Gasteiger partial charge in [0.1, 0.15) is 5.58 Å². The summed E-state index contributed by atoms with van der Waals surface area (Å²) in [6, 6.07) is 63.5. The van der Waals surface area contributed by atoms with Gasteiger partial charge in [-0.25, -0.2) is 0 Å². The van der Waals surface area contributed by atoms with E-state index in [1.165, 1.54) is 49.9 Å². The van der Waals surface area contributed by atoms with Crippen molar-refractivity contribution in [2.45, 2.75) is 19.3 Å². The predicted molar refractivity (Wildman–Crippen MR) is 214 cm³/mol. The van der Waals surface area contributed by atoms with Crippen molar-refractivity contribution in [1.82, 2.24) is 0 Å². The molecule has 8 aromatic carbocycles. The second-order valence-corrected chi connectivity index (χ2v) is 14.1. The molecule has 0 atom stereocenters. The van der Waals surface area contributed by atoms with Crippen molar-refractivity contribution < 1.29 is 4.42 Å². The van der Waals surface area contributed by atoms with E-state index in [1.807, 2.05) is 0 Å². The van der Waals surface area contributed by atoms with Crippen LogP contribution in [0.15, 0.2) is 180 Å². The third-order valence-electron chi connectivity index (χ3n) is 10.9. The van der Waals surface area contributed by atoms with Crippen LogP contribution in [0.25, 0.3) is 66.1 Å². The molecule has 0 fully saturated rings. The first-order valence-electron chi connectivity index (χ1n) is 17.7. The fraction of sp³-hybridized carbons (Fsp3) is 0.0612. The van der Waals surface area contributed by atoms with Crippen molar-refractivity contribution in [3.8, 4) is 33.4 Å². The Kier molecular flexibility index (Phi) is 6.56. The summed E-state index contributed by atoms with van der Waals surface area (Å²) >= 11 is 0. The van der Waals surface area contributed by atoms with E-state index in [1.54, 1.807) is 0 Å². The smallest absolute Gasteiger partial charge is 0.159 e. The minimum absolute atomic E-state index is 0.0405. The van der Waals surface area contributed by atoms with Crippen LogP contribution in [0.3, 0.4) is 0 Å². The topological polar surface area (TPSA) is 16.4 Å². The Morgan fingerprint density at radius 2 is 1.00 bits per heavy atom. The summed E-state index contributed by atoms with van der Waals surface area (Å²) in [4.78, 5) is 2.33. The van der Waals surface area contributed by atoms with Crippen molar-refractivity contribution in [2.24, 2.45) is 0 Å². The van der Waals surface area contributed by atoms with Gasteiger partial charge in [-0.1, -0.05) is 153 Å². The van der Waals surface area contributed by atoms with Gasteiger partial charge in [-0.3, -0.25) is 0 Å². The maximum Gasteiger partial charge on any atom is 0.159 e. The van der Waals surface area contributed by atoms with E-state index in [9.17, 15) is 0 Å². The zero-order valence-corrected chi connectivity index (χ0v) is 28.6. The van der Waals surface area contributed by atoms with Crippen LogP contribution in [0.2, 0.25) is 0 Å². The highest BCUT2D eigenvalue weighted by Gasteiger charge is 2.36. The average molecular weight is 654 g/mol. The second-order valence-electron chi connectivity index (χ2n) is 14.1. The Morgan fingerprint density at radius 1 is 0.412 bits per heavy atom. The molecular formula is C49H35NO. The third kappa shape index (κ3) is 4.57. The maximum absolute atomic E-state index is 6.87. The third-order valence-corrected chi connectivity index (χ3v) is 10.9. The summed E-state index contributed by atoms with van der Waals surface area (Å²) in [6.45, 7) is 4.68. The summed E-state index contributed by atoms with van der Waals surface area (Å²) in [5, 5.41) is 4.53. The molecule has 2 nitrogen and oxygen atoms in total. The number of anilines is 3. The molecule has 0 radical (unpaired) electrons. The van der Waals surface area contributed by atoms with Crippen LogP contribution in [0.4, 0.5) is 17.1 Å². The number of hydrogen-bond donors (Lipinski definition) is 0. The molecule has 1 heterocycles. The van der Waals surface area contributed by atoms with E-state index < -0.39 is 0 Å². The standard InChI is InChI=1S/C49H35NO/c1-49(2)43-19-9-8-16-42(43)46-38(17-10-20-44(46)49)35-24-29-37(30-25-35)50(36-27-22-33(23-28-36)32-12-4-3-5-13-32)45-21-11-18-40-41-31-26-34-14-6-7-15-39(34)47(41)51-48(40)45/h3-31H,1-2H3. The monoisotopic (exact) mass is 653 g/mol. The van der Waals surface area contributed by atoms with E-state index in [-0.39, 0.29) is 5.41 Å². The zero-order valence-electron chi connectivity index (χ0n) is 28.6. The van der Waals surface area contributed by atoms with Crippen molar-refractivity contribution >= 4 is 49.8 Å². The van der Waals surface area contributed by atoms with Gasteiger partial charge < -0.3 is 9.32 Å². The maximum atomic E-state index is 6.87. The molecule has 242 valence electrons. The van der Waals surface area contributed by atoms with Crippen molar-refractivity contribution in [3.05, 3.63) is 187 Å². The van der Waals surface area contributed by atoms with Gasteiger partial charge in [0.05, 0.1) is 5.69 Å². The van der Waals surface area contributed by atoms with E-state index >= 15 is 0 Å². The fourth-order valence-corrected chi connectivity index (χ4v) is 8.33. The van der Waals surface area contributed by atoms with Crippen LogP contribution < -0.4 is 4.90 Å². The number of benzene rings is 8. The van der Waals surface area contributed by atoms with Crippen LogP contribution in [-0.2, 0) is 5.41 Å². The molecular weight excluding hydrogens is 619 g/mol. The van der Waals surface area contributed by atoms with Crippen molar-refractivity contribution in [1.29, 1.82) is 0 Å². The van der Waals surface area contributed by atoms with Gasteiger partial charge in [0, 0.05) is 32.9 Å². The van der Waals surface area contributed by atoms with E-state index in [2.05, 4.69) is 195 Å². The number of rotatable bonds is 5. The highest BCUT2D eigenvalue weighted by Crippen LogP contribution is 2.52. The molecule has 0 amide bonds. The Balaban J connectivity index is 1.14. The molecule has 0 unspecified atom stereocenters. The fourth-order valence-electron chi connectivity index (χ4n) is 8.33. The van der Waals surface area contributed by atoms with Gasteiger partial charge in [0.2, 0.25) is 0 Å². The van der Waals surface area contributed by atoms with Gasteiger partial charge in [0.15, 0.2) is 5.58 Å². The Morgan fingerprint density at radius 3 is 1.80 bits per heavy atom. The minimum atomic E-state index is -0.0405. The first-order chi connectivity index (χ1) is 25.1. The molecule has 0 spiro atoms. The number of para-hydroxylation sites is 1. The second kappa shape index (κ2) is 11.3. The zero-order chi connectivity index (χ0) is 34.1. The molecule has 1 aliphatic carbocycles. The van der Waals surface area contributed by atoms with Gasteiger partial charge in [-0.2, -0.15) is 0 Å². The summed E-state index contributed by atoms with van der Waals surface area (Å²) in [5.74, 6) is 0. The molecule has 51 heavy (non-hydrogen) atoms. The quantitative estimate of drug-likeness (QED) is 0.184. The minimum Gasteiger partial charge on any atom is -0.453 e. The van der Waals surface area contributed by atoms with E-state index in [0.29, 0.717) is 0 Å². The number of nitrogens with zero attached hydrogens (tertiary/aromatic N) is 1. The molecule has 0 aliphatic heterocycles. The molecule has 0 bridgehead atoms. The summed E-state index contributed by atoms with van der Waals surface area (Å²) in [5.41, 5.74) is 15.2. The van der Waals surface area contributed by atoms with Gasteiger partial charge in [0.25, 0.3) is 0 Å². The molecule has 1 aromatic heterocycles. The van der Waals surface area contributed by atoms with Crippen molar-refractivity contribution in [2.75, 3.05) is 4.90 Å². The van der Waals surface area contributed by atoms with Gasteiger partial charge in [-0.15, -0.1) is 0 Å². The van der Waals surface area contributed by atoms with E-state index in [0.717, 1.165) is 44.4 Å². The first kappa shape index (κ1) is 29.5. The highest BCUT2D eigenvalue weighted by molar-refractivity contribution is 6.17. The number of furan rings is 1. The summed E-state index contributed by atoms with van der Waals surface area (Å²) < 4.78 is 6.87. The lowest BCUT2D eigenvalue weighted by Crippen LogP contribution is -2.14. The summed E-state index contributed by atoms with van der Waals surface area (Å²) in [6.07, 6.45) is 0. The molecule has 0 saturated heterocycles. The number of fused-ring (bicyclic) bond motifs is 8. The van der Waals surface area contributed by atoms with Crippen LogP contribution >= 0.6 is 0 Å². The molecule has 10 rings (SSSR count). The molecule has 9 aromatic rings. The first-order valence-corrected chi connectivity index (χ1v) is 17.7. The molecule has 0 saturated carbocycles. The Bertz CT molecular complexity index is 2750. The lowest BCUT2D eigenvalue weighted by Gasteiger charge is -2.26. The lowest BCUT2D eigenvalue weighted by molar-refractivity contribution is 0.660. The van der Waals surface area contributed by atoms with E-state index in [4.69, 9.17) is 4.42 Å².